The van der Waals surface area contributed by atoms with Crippen LogP contribution in [0.2, 0.25) is 0 Å². The van der Waals surface area contributed by atoms with Crippen molar-refractivity contribution in [3.05, 3.63) is 29.8 Å². The van der Waals surface area contributed by atoms with Crippen LogP contribution in [-0.2, 0) is 0 Å². The molecule has 0 fully saturated rings. The number of ether oxygens (including phenoxy) is 1. The van der Waals surface area contributed by atoms with E-state index in [0.717, 1.165) is 23.3 Å². The number of hydrogen-bond acceptors (Lipinski definition) is 2. The Bertz CT molecular complexity index is 528. The summed E-state index contributed by atoms with van der Waals surface area (Å²) < 4.78 is 6.24. The Hall–Kier alpha value is -1.55. The second kappa shape index (κ2) is 15.3. The standard InChI is InChI=1S/C25H44N2O2/c1-5-7-9-11-13-20-27(3,21-14-12-10-8-6-2)22-19-26-25(28)23-15-17-24(29-4)18-16-23/h15-18H,5-14,19-22H2,1-4H3/p+1. The van der Waals surface area contributed by atoms with Crippen LogP contribution in [0.3, 0.4) is 0 Å². The molecular formula is C25H45N2O2+. The van der Waals surface area contributed by atoms with Crippen molar-refractivity contribution in [3.63, 3.8) is 0 Å². The highest BCUT2D eigenvalue weighted by Gasteiger charge is 2.21. The van der Waals surface area contributed by atoms with Crippen LogP contribution in [0.4, 0.5) is 0 Å². The van der Waals surface area contributed by atoms with Crippen molar-refractivity contribution in [1.29, 1.82) is 0 Å². The number of hydrogen-bond donors (Lipinski definition) is 1. The monoisotopic (exact) mass is 405 g/mol. The topological polar surface area (TPSA) is 38.3 Å². The first-order chi connectivity index (χ1) is 14.0. The zero-order valence-electron chi connectivity index (χ0n) is 19.5. The van der Waals surface area contributed by atoms with Gasteiger partial charge in [-0.3, -0.25) is 4.79 Å². The van der Waals surface area contributed by atoms with Crippen LogP contribution < -0.4 is 10.1 Å². The predicted molar refractivity (Wildman–Crippen MR) is 124 cm³/mol. The molecule has 1 aromatic rings. The quantitative estimate of drug-likeness (QED) is 0.262. The third-order valence-corrected chi connectivity index (χ3v) is 5.89. The summed E-state index contributed by atoms with van der Waals surface area (Å²) in [6, 6.07) is 7.32. The van der Waals surface area contributed by atoms with Crippen LogP contribution in [0.5, 0.6) is 5.75 Å². The fraction of sp³-hybridized carbons (Fsp3) is 0.720. The van der Waals surface area contributed by atoms with Crippen molar-refractivity contribution in [2.45, 2.75) is 78.1 Å². The van der Waals surface area contributed by atoms with Crippen LogP contribution in [0.25, 0.3) is 0 Å². The van der Waals surface area contributed by atoms with E-state index in [2.05, 4.69) is 26.2 Å². The number of carbonyl (C=O) groups excluding carboxylic acids is 1. The van der Waals surface area contributed by atoms with E-state index in [-0.39, 0.29) is 5.91 Å². The summed E-state index contributed by atoms with van der Waals surface area (Å²) in [6.45, 7) is 8.70. The van der Waals surface area contributed by atoms with E-state index in [9.17, 15) is 4.79 Å². The van der Waals surface area contributed by atoms with Gasteiger partial charge in [0.05, 0.1) is 40.3 Å². The van der Waals surface area contributed by atoms with Crippen molar-refractivity contribution in [2.75, 3.05) is 40.3 Å². The van der Waals surface area contributed by atoms with Gasteiger partial charge >= 0.3 is 0 Å². The zero-order valence-corrected chi connectivity index (χ0v) is 19.5. The van der Waals surface area contributed by atoms with Gasteiger partial charge in [0.2, 0.25) is 0 Å². The number of nitrogens with zero attached hydrogens (tertiary/aromatic N) is 1. The van der Waals surface area contributed by atoms with Gasteiger partial charge in [-0.05, 0) is 49.9 Å². The lowest BCUT2D eigenvalue weighted by atomic mass is 10.1. The van der Waals surface area contributed by atoms with Gasteiger partial charge in [0.25, 0.3) is 5.91 Å². The maximum absolute atomic E-state index is 12.4. The van der Waals surface area contributed by atoms with Gasteiger partial charge in [0.15, 0.2) is 0 Å². The number of carbonyl (C=O) groups is 1. The molecule has 0 saturated carbocycles. The third-order valence-electron chi connectivity index (χ3n) is 5.89. The van der Waals surface area contributed by atoms with E-state index in [1.165, 1.54) is 77.3 Å². The molecular weight excluding hydrogens is 360 g/mol. The van der Waals surface area contributed by atoms with E-state index >= 15 is 0 Å². The number of nitrogens with one attached hydrogen (secondary N) is 1. The maximum Gasteiger partial charge on any atom is 0.251 e. The van der Waals surface area contributed by atoms with Crippen molar-refractivity contribution in [3.8, 4) is 5.75 Å². The van der Waals surface area contributed by atoms with Crippen molar-refractivity contribution in [2.24, 2.45) is 0 Å². The van der Waals surface area contributed by atoms with Gasteiger partial charge in [-0.1, -0.05) is 52.4 Å². The molecule has 29 heavy (non-hydrogen) atoms. The van der Waals surface area contributed by atoms with Gasteiger partial charge in [-0.25, -0.2) is 0 Å². The average Bonchev–Trinajstić information content (AvgIpc) is 2.73. The Morgan fingerprint density at radius 1 is 0.828 bits per heavy atom. The number of benzene rings is 1. The fourth-order valence-corrected chi connectivity index (χ4v) is 3.81. The molecule has 0 radical (unpaired) electrons. The summed E-state index contributed by atoms with van der Waals surface area (Å²) in [5.74, 6) is 0.780. The molecule has 0 spiro atoms. The summed E-state index contributed by atoms with van der Waals surface area (Å²) >= 11 is 0. The molecule has 0 aliphatic carbocycles. The normalized spacial score (nSPS) is 11.4. The Morgan fingerprint density at radius 3 is 1.83 bits per heavy atom. The average molecular weight is 406 g/mol. The predicted octanol–water partition coefficient (Wildman–Crippen LogP) is 5.81. The van der Waals surface area contributed by atoms with Crippen LogP contribution >= 0.6 is 0 Å². The van der Waals surface area contributed by atoms with E-state index < -0.39 is 0 Å². The summed E-state index contributed by atoms with van der Waals surface area (Å²) in [7, 11) is 4.01. The molecule has 0 aliphatic heterocycles. The highest BCUT2D eigenvalue weighted by molar-refractivity contribution is 5.94. The minimum absolute atomic E-state index is 0.00472. The number of likely N-dealkylation sites (N-methyl/N-ethyl adjacent to an activating group) is 1. The van der Waals surface area contributed by atoms with Crippen LogP contribution in [0.15, 0.2) is 24.3 Å². The maximum atomic E-state index is 12.4. The Balaban J connectivity index is 2.47. The first-order valence-corrected chi connectivity index (χ1v) is 11.8. The Morgan fingerprint density at radius 2 is 1.34 bits per heavy atom. The van der Waals surface area contributed by atoms with E-state index in [0.29, 0.717) is 5.56 Å². The molecule has 1 N–H and O–H groups in total. The van der Waals surface area contributed by atoms with Gasteiger partial charge in [-0.2, -0.15) is 0 Å². The van der Waals surface area contributed by atoms with Gasteiger partial charge < -0.3 is 14.5 Å². The Labute approximate surface area is 179 Å². The van der Waals surface area contributed by atoms with Crippen LogP contribution in [0.1, 0.15) is 88.4 Å². The summed E-state index contributed by atoms with van der Waals surface area (Å²) in [6.07, 6.45) is 13.2. The number of rotatable bonds is 17. The minimum Gasteiger partial charge on any atom is -0.497 e. The lowest BCUT2D eigenvalue weighted by Crippen LogP contribution is -2.50. The number of quaternary nitrogens is 1. The molecule has 0 unspecified atom stereocenters. The van der Waals surface area contributed by atoms with E-state index in [4.69, 9.17) is 4.74 Å². The molecule has 166 valence electrons. The molecule has 0 heterocycles. The molecule has 1 aromatic carbocycles. The minimum atomic E-state index is 0.00472. The first kappa shape index (κ1) is 25.5. The van der Waals surface area contributed by atoms with Crippen LogP contribution in [-0.4, -0.2) is 50.7 Å². The van der Waals surface area contributed by atoms with Crippen LogP contribution in [0, 0.1) is 0 Å². The van der Waals surface area contributed by atoms with E-state index in [1.54, 1.807) is 7.11 Å². The van der Waals surface area contributed by atoms with Gasteiger partial charge in [0.1, 0.15) is 5.75 Å². The Kier molecular flexibility index (Phi) is 13.5. The summed E-state index contributed by atoms with van der Waals surface area (Å²) in [4.78, 5) is 12.4. The first-order valence-electron chi connectivity index (χ1n) is 11.8. The van der Waals surface area contributed by atoms with Crippen molar-refractivity contribution < 1.29 is 14.0 Å². The molecule has 4 heteroatoms. The molecule has 0 aliphatic rings. The third kappa shape index (κ3) is 11.3. The summed E-state index contributed by atoms with van der Waals surface area (Å²) in [5, 5.41) is 3.12. The molecule has 0 atom stereocenters. The fourth-order valence-electron chi connectivity index (χ4n) is 3.81. The molecule has 0 bridgehead atoms. The van der Waals surface area contributed by atoms with Crippen molar-refractivity contribution in [1.82, 2.24) is 5.32 Å². The highest BCUT2D eigenvalue weighted by Crippen LogP contribution is 2.13. The SMILES string of the molecule is CCCCCCC[N+](C)(CCCCCCC)CCNC(=O)c1ccc(OC)cc1. The molecule has 0 saturated heterocycles. The molecule has 0 aromatic heterocycles. The molecule has 4 nitrogen and oxygen atoms in total. The second-order valence-corrected chi connectivity index (χ2v) is 8.60. The molecule has 1 amide bonds. The number of amides is 1. The van der Waals surface area contributed by atoms with E-state index in [1.807, 2.05) is 24.3 Å². The largest absolute Gasteiger partial charge is 0.497 e. The summed E-state index contributed by atoms with van der Waals surface area (Å²) in [5.41, 5.74) is 0.694. The lowest BCUT2D eigenvalue weighted by Gasteiger charge is -2.35. The highest BCUT2D eigenvalue weighted by atomic mass is 16.5. The second-order valence-electron chi connectivity index (χ2n) is 8.60. The zero-order chi connectivity index (χ0) is 21.4. The number of methoxy groups -OCH3 is 1. The van der Waals surface area contributed by atoms with Crippen molar-refractivity contribution >= 4 is 5.91 Å². The van der Waals surface area contributed by atoms with Gasteiger partial charge in [-0.15, -0.1) is 0 Å². The smallest absolute Gasteiger partial charge is 0.251 e. The molecule has 1 rings (SSSR count). The number of unbranched alkanes of at least 4 members (excludes halogenated alkanes) is 8. The van der Waals surface area contributed by atoms with Gasteiger partial charge in [0, 0.05) is 5.56 Å². The lowest BCUT2D eigenvalue weighted by molar-refractivity contribution is -0.908.